The van der Waals surface area contributed by atoms with Gasteiger partial charge in [0.2, 0.25) is 0 Å². The van der Waals surface area contributed by atoms with Crippen LogP contribution < -0.4 is 16.0 Å². The second kappa shape index (κ2) is 9.55. The van der Waals surface area contributed by atoms with Crippen molar-refractivity contribution >= 4 is 41.3 Å². The van der Waals surface area contributed by atoms with E-state index < -0.39 is 0 Å². The maximum absolute atomic E-state index is 4.19. The third-order valence-corrected chi connectivity index (χ3v) is 3.07. The average Bonchev–Trinajstić information content (AvgIpc) is 2.79. The summed E-state index contributed by atoms with van der Waals surface area (Å²) in [5, 5.41) is 14.2. The summed E-state index contributed by atoms with van der Waals surface area (Å²) in [5.41, 5.74) is 1.45. The van der Waals surface area contributed by atoms with Gasteiger partial charge in [-0.05, 0) is 43.2 Å². The highest BCUT2D eigenvalue weighted by Gasteiger charge is 2.07. The molecule has 0 spiro atoms. The van der Waals surface area contributed by atoms with Crippen molar-refractivity contribution < 1.29 is 0 Å². The highest BCUT2D eigenvalue weighted by atomic mass is 127. The summed E-state index contributed by atoms with van der Waals surface area (Å²) in [6.45, 7) is 9.09. The molecular weight excluding hydrogens is 371 g/mol. The third-order valence-electron chi connectivity index (χ3n) is 2.34. The Bertz CT molecular complexity index is 357. The second-order valence-electron chi connectivity index (χ2n) is 5.16. The van der Waals surface area contributed by atoms with Gasteiger partial charge in [-0.1, -0.05) is 0 Å². The SMILES string of the molecule is CN=C(NCCNC(C)(C)C)NCc1ccsc1.I. The predicted molar refractivity (Wildman–Crippen MR) is 95.7 cm³/mol. The van der Waals surface area contributed by atoms with E-state index in [0.29, 0.717) is 0 Å². The van der Waals surface area contributed by atoms with Crippen LogP contribution in [0.2, 0.25) is 0 Å². The van der Waals surface area contributed by atoms with Gasteiger partial charge in [-0.25, -0.2) is 0 Å². The predicted octanol–water partition coefficient (Wildman–Crippen LogP) is 2.42. The Labute approximate surface area is 137 Å². The fraction of sp³-hybridized carbons (Fsp3) is 0.615. The molecule has 1 heterocycles. The minimum absolute atomic E-state index is 0. The summed E-state index contributed by atoms with van der Waals surface area (Å²) in [4.78, 5) is 4.19. The largest absolute Gasteiger partial charge is 0.355 e. The van der Waals surface area contributed by atoms with Crippen LogP contribution in [0.5, 0.6) is 0 Å². The first-order valence-electron chi connectivity index (χ1n) is 6.22. The lowest BCUT2D eigenvalue weighted by Gasteiger charge is -2.21. The fourth-order valence-corrected chi connectivity index (χ4v) is 2.09. The minimum atomic E-state index is 0. The Kier molecular flexibility index (Phi) is 9.38. The van der Waals surface area contributed by atoms with E-state index in [1.165, 1.54) is 5.56 Å². The van der Waals surface area contributed by atoms with Crippen molar-refractivity contribution in [1.29, 1.82) is 0 Å². The molecule has 0 saturated carbocycles. The van der Waals surface area contributed by atoms with Gasteiger partial charge in [0.15, 0.2) is 5.96 Å². The lowest BCUT2D eigenvalue weighted by atomic mass is 10.1. The summed E-state index contributed by atoms with van der Waals surface area (Å²) in [5.74, 6) is 0.844. The van der Waals surface area contributed by atoms with Crippen molar-refractivity contribution in [3.05, 3.63) is 22.4 Å². The van der Waals surface area contributed by atoms with Gasteiger partial charge in [0.05, 0.1) is 0 Å². The van der Waals surface area contributed by atoms with Gasteiger partial charge in [-0.3, -0.25) is 4.99 Å². The van der Waals surface area contributed by atoms with Crippen LogP contribution in [0.15, 0.2) is 21.8 Å². The van der Waals surface area contributed by atoms with E-state index in [9.17, 15) is 0 Å². The number of nitrogens with zero attached hydrogens (tertiary/aromatic N) is 1. The van der Waals surface area contributed by atoms with Gasteiger partial charge >= 0.3 is 0 Å². The molecule has 0 atom stereocenters. The summed E-state index contributed by atoms with van der Waals surface area (Å²) < 4.78 is 0. The number of hydrogen-bond donors (Lipinski definition) is 3. The number of aliphatic imine (C=N–C) groups is 1. The Hall–Kier alpha value is -0.340. The number of hydrogen-bond acceptors (Lipinski definition) is 3. The Morgan fingerprint density at radius 2 is 2.00 bits per heavy atom. The molecule has 1 aromatic heterocycles. The molecule has 1 aromatic rings. The molecule has 0 aliphatic heterocycles. The third kappa shape index (κ3) is 9.23. The minimum Gasteiger partial charge on any atom is -0.355 e. The van der Waals surface area contributed by atoms with Crippen molar-refractivity contribution in [3.8, 4) is 0 Å². The number of nitrogens with one attached hydrogen (secondary N) is 3. The molecule has 4 nitrogen and oxygen atoms in total. The second-order valence-corrected chi connectivity index (χ2v) is 5.94. The molecule has 0 aliphatic rings. The lowest BCUT2D eigenvalue weighted by molar-refractivity contribution is 0.428. The quantitative estimate of drug-likeness (QED) is 0.310. The van der Waals surface area contributed by atoms with Crippen molar-refractivity contribution in [2.45, 2.75) is 32.9 Å². The molecule has 110 valence electrons. The number of thiophene rings is 1. The molecule has 0 saturated heterocycles. The zero-order chi connectivity index (χ0) is 13.4. The first-order chi connectivity index (χ1) is 8.51. The number of halogens is 1. The molecule has 0 aliphatic carbocycles. The van der Waals surface area contributed by atoms with E-state index >= 15 is 0 Å². The van der Waals surface area contributed by atoms with Crippen LogP contribution in [0.1, 0.15) is 26.3 Å². The Morgan fingerprint density at radius 3 is 2.53 bits per heavy atom. The van der Waals surface area contributed by atoms with Crippen LogP contribution in [-0.4, -0.2) is 31.6 Å². The molecule has 0 amide bonds. The maximum Gasteiger partial charge on any atom is 0.191 e. The summed E-state index contributed by atoms with van der Waals surface area (Å²) in [6.07, 6.45) is 0. The van der Waals surface area contributed by atoms with Gasteiger partial charge in [-0.2, -0.15) is 11.3 Å². The summed E-state index contributed by atoms with van der Waals surface area (Å²) in [6, 6.07) is 2.12. The van der Waals surface area contributed by atoms with Gasteiger partial charge < -0.3 is 16.0 Å². The maximum atomic E-state index is 4.19. The smallest absolute Gasteiger partial charge is 0.191 e. The highest BCUT2D eigenvalue weighted by Crippen LogP contribution is 2.04. The van der Waals surface area contributed by atoms with Crippen molar-refractivity contribution in [3.63, 3.8) is 0 Å². The average molecular weight is 396 g/mol. The summed E-state index contributed by atoms with van der Waals surface area (Å²) in [7, 11) is 1.79. The van der Waals surface area contributed by atoms with E-state index in [1.54, 1.807) is 18.4 Å². The first kappa shape index (κ1) is 18.7. The van der Waals surface area contributed by atoms with E-state index in [-0.39, 0.29) is 29.5 Å². The van der Waals surface area contributed by atoms with E-state index in [4.69, 9.17) is 0 Å². The molecule has 0 fully saturated rings. The zero-order valence-electron chi connectivity index (χ0n) is 12.1. The zero-order valence-corrected chi connectivity index (χ0v) is 15.3. The normalized spacial score (nSPS) is 11.9. The topological polar surface area (TPSA) is 48.5 Å². The molecule has 19 heavy (non-hydrogen) atoms. The molecule has 0 radical (unpaired) electrons. The van der Waals surface area contributed by atoms with Gasteiger partial charge in [0, 0.05) is 32.2 Å². The van der Waals surface area contributed by atoms with Crippen molar-refractivity contribution in [2.75, 3.05) is 20.1 Å². The monoisotopic (exact) mass is 396 g/mol. The summed E-state index contributed by atoms with van der Waals surface area (Å²) >= 11 is 1.71. The van der Waals surface area contributed by atoms with Crippen molar-refractivity contribution in [1.82, 2.24) is 16.0 Å². The van der Waals surface area contributed by atoms with Gasteiger partial charge in [0.25, 0.3) is 0 Å². The fourth-order valence-electron chi connectivity index (χ4n) is 1.42. The van der Waals surface area contributed by atoms with Crippen LogP contribution in [0.3, 0.4) is 0 Å². The van der Waals surface area contributed by atoms with Crippen LogP contribution in [0.25, 0.3) is 0 Å². The lowest BCUT2D eigenvalue weighted by Crippen LogP contribution is -2.44. The Balaban J connectivity index is 0.00000324. The molecular formula is C13H25IN4S. The first-order valence-corrected chi connectivity index (χ1v) is 7.16. The standard InChI is InChI=1S/C13H24N4S.HI/c1-13(2,3)17-7-6-15-12(14-4)16-9-11-5-8-18-10-11;/h5,8,10,17H,6-7,9H2,1-4H3,(H2,14,15,16);1H. The molecule has 1 rings (SSSR count). The van der Waals surface area contributed by atoms with Crippen LogP contribution >= 0.6 is 35.3 Å². The molecule has 0 unspecified atom stereocenters. The van der Waals surface area contributed by atoms with E-state index in [1.807, 2.05) is 0 Å². The van der Waals surface area contributed by atoms with E-state index in [0.717, 1.165) is 25.6 Å². The molecule has 0 bridgehead atoms. The van der Waals surface area contributed by atoms with Crippen LogP contribution in [0, 0.1) is 0 Å². The molecule has 6 heteroatoms. The molecule has 3 N–H and O–H groups in total. The van der Waals surface area contributed by atoms with Crippen LogP contribution in [-0.2, 0) is 6.54 Å². The van der Waals surface area contributed by atoms with Crippen LogP contribution in [0.4, 0.5) is 0 Å². The number of rotatable bonds is 5. The molecule has 0 aromatic carbocycles. The Morgan fingerprint density at radius 1 is 1.26 bits per heavy atom. The number of guanidine groups is 1. The van der Waals surface area contributed by atoms with Gasteiger partial charge in [0.1, 0.15) is 0 Å². The highest BCUT2D eigenvalue weighted by molar-refractivity contribution is 14.0. The van der Waals surface area contributed by atoms with E-state index in [2.05, 4.69) is 58.5 Å². The van der Waals surface area contributed by atoms with Crippen molar-refractivity contribution in [2.24, 2.45) is 4.99 Å². The van der Waals surface area contributed by atoms with Gasteiger partial charge in [-0.15, -0.1) is 24.0 Å².